The number of carbonyl (C=O) groups is 2. The number of hydrogen-bond donors (Lipinski definition) is 1. The number of thioether (sulfide) groups is 1. The molecule has 0 spiro atoms. The Bertz CT molecular complexity index is 548. The normalized spacial score (nSPS) is 18.1. The van der Waals surface area contributed by atoms with Gasteiger partial charge in [-0.3, -0.25) is 9.59 Å². The molecule has 1 saturated heterocycles. The molecule has 0 aromatic heterocycles. The van der Waals surface area contributed by atoms with Crippen LogP contribution in [-0.2, 0) is 9.59 Å². The van der Waals surface area contributed by atoms with E-state index >= 15 is 0 Å². The highest BCUT2D eigenvalue weighted by Crippen LogP contribution is 2.38. The maximum atomic E-state index is 12.1. The van der Waals surface area contributed by atoms with Crippen LogP contribution in [0, 0.1) is 6.92 Å². The van der Waals surface area contributed by atoms with Crippen LogP contribution in [0.15, 0.2) is 24.3 Å². The fourth-order valence-electron chi connectivity index (χ4n) is 2.35. The van der Waals surface area contributed by atoms with Crippen LogP contribution in [0.25, 0.3) is 0 Å². The Balaban J connectivity index is 1.98. The Morgan fingerprint density at radius 1 is 1.45 bits per heavy atom. The van der Waals surface area contributed by atoms with Gasteiger partial charge in [0, 0.05) is 13.1 Å². The highest BCUT2D eigenvalue weighted by Gasteiger charge is 2.33. The van der Waals surface area contributed by atoms with Crippen molar-refractivity contribution in [2.75, 3.05) is 39.5 Å². The molecule has 1 aliphatic heterocycles. The van der Waals surface area contributed by atoms with Crippen LogP contribution in [0.5, 0.6) is 0 Å². The van der Waals surface area contributed by atoms with E-state index in [4.69, 9.17) is 0 Å². The summed E-state index contributed by atoms with van der Waals surface area (Å²) in [5.41, 5.74) is 2.24. The second-order valence-corrected chi connectivity index (χ2v) is 6.82. The Kier molecular flexibility index (Phi) is 5.85. The number of amides is 2. The van der Waals surface area contributed by atoms with Gasteiger partial charge in [-0.1, -0.05) is 29.8 Å². The summed E-state index contributed by atoms with van der Waals surface area (Å²) in [6.45, 7) is 3.53. The minimum Gasteiger partial charge on any atom is -0.353 e. The number of benzene rings is 1. The van der Waals surface area contributed by atoms with Crippen molar-refractivity contribution in [1.82, 2.24) is 15.1 Å². The first-order valence-corrected chi connectivity index (χ1v) is 8.41. The van der Waals surface area contributed by atoms with Crippen LogP contribution in [0.2, 0.25) is 0 Å². The van der Waals surface area contributed by atoms with E-state index in [2.05, 4.69) is 11.4 Å². The number of hydrogen-bond acceptors (Lipinski definition) is 4. The van der Waals surface area contributed by atoms with Crippen molar-refractivity contribution in [3.63, 3.8) is 0 Å². The molecule has 0 saturated carbocycles. The van der Waals surface area contributed by atoms with Gasteiger partial charge in [-0.05, 0) is 26.6 Å². The molecule has 1 N–H and O–H groups in total. The Morgan fingerprint density at radius 3 is 2.91 bits per heavy atom. The molecule has 5 nitrogen and oxygen atoms in total. The van der Waals surface area contributed by atoms with E-state index in [-0.39, 0.29) is 23.7 Å². The standard InChI is InChI=1S/C16H23N3O2S/c1-12-5-4-6-13(9-12)16-19(15(21)11-22-16)10-14(20)17-7-8-18(2)3/h4-6,9,16H,7-8,10-11H2,1-3H3,(H,17,20)/t16-/m0/s1. The number of nitrogens with zero attached hydrogens (tertiary/aromatic N) is 2. The Hall–Kier alpha value is -1.53. The maximum absolute atomic E-state index is 12.1. The van der Waals surface area contributed by atoms with Crippen LogP contribution in [-0.4, -0.2) is 61.1 Å². The molecule has 0 aliphatic carbocycles. The van der Waals surface area contributed by atoms with E-state index in [1.165, 1.54) is 0 Å². The minimum absolute atomic E-state index is 0.0271. The number of aryl methyl sites for hydroxylation is 1. The molecule has 1 aromatic rings. The third-order valence-corrected chi connectivity index (χ3v) is 4.75. The lowest BCUT2D eigenvalue weighted by atomic mass is 10.1. The van der Waals surface area contributed by atoms with Gasteiger partial charge in [0.05, 0.1) is 5.75 Å². The summed E-state index contributed by atoms with van der Waals surface area (Å²) in [6, 6.07) is 8.11. The van der Waals surface area contributed by atoms with Crippen molar-refractivity contribution < 1.29 is 9.59 Å². The van der Waals surface area contributed by atoms with Gasteiger partial charge in [0.1, 0.15) is 11.9 Å². The van der Waals surface area contributed by atoms with Crippen molar-refractivity contribution in [3.8, 4) is 0 Å². The Labute approximate surface area is 136 Å². The average Bonchev–Trinajstić information content (AvgIpc) is 2.80. The molecular formula is C16H23N3O2S. The number of rotatable bonds is 6. The van der Waals surface area contributed by atoms with Gasteiger partial charge in [-0.2, -0.15) is 0 Å². The fraction of sp³-hybridized carbons (Fsp3) is 0.500. The molecule has 0 radical (unpaired) electrons. The van der Waals surface area contributed by atoms with Crippen LogP contribution < -0.4 is 5.32 Å². The van der Waals surface area contributed by atoms with E-state index in [0.29, 0.717) is 12.3 Å². The maximum Gasteiger partial charge on any atom is 0.239 e. The zero-order chi connectivity index (χ0) is 16.1. The smallest absolute Gasteiger partial charge is 0.239 e. The van der Waals surface area contributed by atoms with Crippen molar-refractivity contribution in [2.45, 2.75) is 12.3 Å². The van der Waals surface area contributed by atoms with Gasteiger partial charge in [-0.25, -0.2) is 0 Å². The van der Waals surface area contributed by atoms with Gasteiger partial charge >= 0.3 is 0 Å². The molecule has 0 unspecified atom stereocenters. The monoisotopic (exact) mass is 321 g/mol. The van der Waals surface area contributed by atoms with Gasteiger partial charge < -0.3 is 15.1 Å². The topological polar surface area (TPSA) is 52.7 Å². The summed E-state index contributed by atoms with van der Waals surface area (Å²) >= 11 is 1.58. The quantitative estimate of drug-likeness (QED) is 0.857. The third kappa shape index (κ3) is 4.48. The number of carbonyl (C=O) groups excluding carboxylic acids is 2. The lowest BCUT2D eigenvalue weighted by Gasteiger charge is -2.24. The molecule has 22 heavy (non-hydrogen) atoms. The van der Waals surface area contributed by atoms with E-state index in [9.17, 15) is 9.59 Å². The summed E-state index contributed by atoms with van der Waals surface area (Å²) in [4.78, 5) is 27.8. The largest absolute Gasteiger partial charge is 0.353 e. The summed E-state index contributed by atoms with van der Waals surface area (Å²) in [5.74, 6) is 0.360. The lowest BCUT2D eigenvalue weighted by molar-refractivity contribution is -0.133. The second kappa shape index (κ2) is 7.65. The van der Waals surface area contributed by atoms with E-state index in [1.54, 1.807) is 16.7 Å². The average molecular weight is 321 g/mol. The molecular weight excluding hydrogens is 298 g/mol. The van der Waals surface area contributed by atoms with E-state index in [0.717, 1.165) is 17.7 Å². The predicted octanol–water partition coefficient (Wildman–Crippen LogP) is 1.25. The van der Waals surface area contributed by atoms with Gasteiger partial charge in [0.2, 0.25) is 11.8 Å². The number of likely N-dealkylation sites (N-methyl/N-ethyl adjacent to an activating group) is 1. The molecule has 2 rings (SSSR count). The molecule has 1 heterocycles. The summed E-state index contributed by atoms with van der Waals surface area (Å²) in [5, 5.41) is 2.80. The lowest BCUT2D eigenvalue weighted by Crippen LogP contribution is -2.41. The summed E-state index contributed by atoms with van der Waals surface area (Å²) < 4.78 is 0. The molecule has 1 aromatic carbocycles. The van der Waals surface area contributed by atoms with Crippen LogP contribution in [0.1, 0.15) is 16.5 Å². The number of nitrogens with one attached hydrogen (secondary N) is 1. The van der Waals surface area contributed by atoms with Crippen molar-refractivity contribution in [1.29, 1.82) is 0 Å². The van der Waals surface area contributed by atoms with E-state index in [1.807, 2.05) is 44.1 Å². The first-order valence-electron chi connectivity index (χ1n) is 7.36. The van der Waals surface area contributed by atoms with Gasteiger partial charge in [0.15, 0.2) is 0 Å². The van der Waals surface area contributed by atoms with Crippen molar-refractivity contribution >= 4 is 23.6 Å². The van der Waals surface area contributed by atoms with Crippen LogP contribution in [0.4, 0.5) is 0 Å². The molecule has 1 atom stereocenters. The molecule has 2 amide bonds. The highest BCUT2D eigenvalue weighted by atomic mass is 32.2. The highest BCUT2D eigenvalue weighted by molar-refractivity contribution is 8.00. The molecule has 120 valence electrons. The predicted molar refractivity (Wildman–Crippen MR) is 89.7 cm³/mol. The summed E-state index contributed by atoms with van der Waals surface area (Å²) in [6.07, 6.45) is 0. The van der Waals surface area contributed by atoms with Crippen LogP contribution >= 0.6 is 11.8 Å². The summed E-state index contributed by atoms with van der Waals surface area (Å²) in [7, 11) is 3.92. The molecule has 0 bridgehead atoms. The van der Waals surface area contributed by atoms with E-state index < -0.39 is 0 Å². The third-order valence-electron chi connectivity index (χ3n) is 3.49. The first-order chi connectivity index (χ1) is 10.5. The zero-order valence-corrected chi connectivity index (χ0v) is 14.2. The first kappa shape index (κ1) is 16.8. The molecule has 6 heteroatoms. The molecule has 1 fully saturated rings. The second-order valence-electron chi connectivity index (χ2n) is 5.75. The fourth-order valence-corrected chi connectivity index (χ4v) is 3.53. The van der Waals surface area contributed by atoms with Crippen molar-refractivity contribution in [3.05, 3.63) is 35.4 Å². The van der Waals surface area contributed by atoms with Gasteiger partial charge in [0.25, 0.3) is 0 Å². The zero-order valence-electron chi connectivity index (χ0n) is 13.3. The minimum atomic E-state index is -0.102. The molecule has 1 aliphatic rings. The van der Waals surface area contributed by atoms with Crippen LogP contribution in [0.3, 0.4) is 0 Å². The Morgan fingerprint density at radius 2 is 2.23 bits per heavy atom. The SMILES string of the molecule is Cc1cccc([C@@H]2SCC(=O)N2CC(=O)NCCN(C)C)c1. The van der Waals surface area contributed by atoms with Gasteiger partial charge in [-0.15, -0.1) is 11.8 Å². The van der Waals surface area contributed by atoms with Crippen molar-refractivity contribution in [2.24, 2.45) is 0 Å².